The maximum Gasteiger partial charge on any atom is 0.123 e. The lowest BCUT2D eigenvalue weighted by molar-refractivity contribution is 0.415. The highest BCUT2D eigenvalue weighted by molar-refractivity contribution is 5.77. The van der Waals surface area contributed by atoms with Gasteiger partial charge in [0.15, 0.2) is 0 Å². The molecule has 1 saturated carbocycles. The van der Waals surface area contributed by atoms with Crippen molar-refractivity contribution in [1.82, 2.24) is 14.9 Å². The fraction of sp³-hybridized carbons (Fsp3) is 0.500. The van der Waals surface area contributed by atoms with Crippen molar-refractivity contribution in [2.75, 3.05) is 13.7 Å². The van der Waals surface area contributed by atoms with Crippen molar-refractivity contribution >= 4 is 11.0 Å². The van der Waals surface area contributed by atoms with Crippen LogP contribution in [0.1, 0.15) is 18.7 Å². The number of methoxy groups -OCH3 is 1. The lowest BCUT2D eigenvalue weighted by atomic mass is 10.3. The largest absolute Gasteiger partial charge is 0.497 e. The number of ether oxygens (including phenoxy) is 1. The monoisotopic (exact) mass is 245 g/mol. The molecule has 1 aliphatic rings. The van der Waals surface area contributed by atoms with Crippen LogP contribution in [-0.2, 0) is 13.6 Å². The third kappa shape index (κ3) is 2.20. The molecule has 0 saturated heterocycles. The molecule has 1 aliphatic carbocycles. The van der Waals surface area contributed by atoms with Gasteiger partial charge in [-0.2, -0.15) is 0 Å². The van der Waals surface area contributed by atoms with Gasteiger partial charge in [0.05, 0.1) is 24.7 Å². The zero-order valence-electron chi connectivity index (χ0n) is 10.9. The van der Waals surface area contributed by atoms with Crippen LogP contribution in [0, 0.1) is 5.92 Å². The van der Waals surface area contributed by atoms with Crippen molar-refractivity contribution in [3.63, 3.8) is 0 Å². The van der Waals surface area contributed by atoms with E-state index in [2.05, 4.69) is 28.0 Å². The van der Waals surface area contributed by atoms with Crippen molar-refractivity contribution in [3.8, 4) is 5.75 Å². The Bertz CT molecular complexity index is 557. The number of aromatic nitrogens is 2. The molecular weight excluding hydrogens is 226 g/mol. The molecule has 96 valence electrons. The van der Waals surface area contributed by atoms with Gasteiger partial charge in [0, 0.05) is 13.1 Å². The first kappa shape index (κ1) is 11.5. The molecular formula is C14H19N3O. The highest BCUT2D eigenvalue weighted by Crippen LogP contribution is 2.27. The maximum atomic E-state index is 5.23. The molecule has 0 amide bonds. The van der Waals surface area contributed by atoms with Gasteiger partial charge in [-0.15, -0.1) is 0 Å². The third-order valence-corrected chi connectivity index (χ3v) is 3.59. The summed E-state index contributed by atoms with van der Waals surface area (Å²) in [5, 5.41) is 3.48. The van der Waals surface area contributed by atoms with Crippen LogP contribution >= 0.6 is 0 Å². The highest BCUT2D eigenvalue weighted by Gasteiger charge is 2.20. The summed E-state index contributed by atoms with van der Waals surface area (Å²) >= 11 is 0. The van der Waals surface area contributed by atoms with Gasteiger partial charge >= 0.3 is 0 Å². The lowest BCUT2D eigenvalue weighted by Crippen LogP contribution is -2.18. The predicted molar refractivity (Wildman–Crippen MR) is 71.7 cm³/mol. The Balaban J connectivity index is 1.80. The summed E-state index contributed by atoms with van der Waals surface area (Å²) in [7, 11) is 3.75. The quantitative estimate of drug-likeness (QED) is 0.876. The molecule has 0 bridgehead atoms. The zero-order valence-corrected chi connectivity index (χ0v) is 10.9. The summed E-state index contributed by atoms with van der Waals surface area (Å²) in [5.74, 6) is 2.84. The second-order valence-corrected chi connectivity index (χ2v) is 5.02. The van der Waals surface area contributed by atoms with Crippen LogP contribution in [0.4, 0.5) is 0 Å². The summed E-state index contributed by atoms with van der Waals surface area (Å²) < 4.78 is 7.37. The Morgan fingerprint density at radius 2 is 2.28 bits per heavy atom. The summed E-state index contributed by atoms with van der Waals surface area (Å²) in [6.45, 7) is 1.95. The number of aryl methyl sites for hydroxylation is 1. The summed E-state index contributed by atoms with van der Waals surface area (Å²) in [6.07, 6.45) is 2.76. The number of nitrogens with zero attached hydrogens (tertiary/aromatic N) is 2. The SMILES string of the molecule is COc1ccc2c(c1)nc(CNCC1CC1)n2C. The van der Waals surface area contributed by atoms with Crippen LogP contribution in [0.5, 0.6) is 5.75 Å². The zero-order chi connectivity index (χ0) is 12.5. The molecule has 4 heteroatoms. The highest BCUT2D eigenvalue weighted by atomic mass is 16.5. The van der Waals surface area contributed by atoms with E-state index in [4.69, 9.17) is 4.74 Å². The second kappa shape index (κ2) is 4.61. The fourth-order valence-corrected chi connectivity index (χ4v) is 2.22. The van der Waals surface area contributed by atoms with Crippen molar-refractivity contribution in [2.45, 2.75) is 19.4 Å². The lowest BCUT2D eigenvalue weighted by Gasteiger charge is -2.04. The number of hydrogen-bond acceptors (Lipinski definition) is 3. The van der Waals surface area contributed by atoms with Crippen LogP contribution in [-0.4, -0.2) is 23.2 Å². The van der Waals surface area contributed by atoms with Crippen LogP contribution < -0.4 is 10.1 Å². The summed E-state index contributed by atoms with van der Waals surface area (Å²) in [4.78, 5) is 4.66. The van der Waals surface area contributed by atoms with Crippen molar-refractivity contribution in [2.24, 2.45) is 13.0 Å². The predicted octanol–water partition coefficient (Wildman–Crippen LogP) is 2.08. The smallest absolute Gasteiger partial charge is 0.123 e. The van der Waals surface area contributed by atoms with Gasteiger partial charge in [0.1, 0.15) is 11.6 Å². The molecule has 1 heterocycles. The molecule has 2 aromatic rings. The van der Waals surface area contributed by atoms with E-state index in [9.17, 15) is 0 Å². The van der Waals surface area contributed by atoms with Gasteiger partial charge in [0.25, 0.3) is 0 Å². The van der Waals surface area contributed by atoms with E-state index in [1.54, 1.807) is 7.11 Å². The molecule has 1 fully saturated rings. The number of nitrogens with one attached hydrogen (secondary N) is 1. The Morgan fingerprint density at radius 3 is 3.00 bits per heavy atom. The van der Waals surface area contributed by atoms with Gasteiger partial charge in [-0.05, 0) is 37.4 Å². The molecule has 0 aliphatic heterocycles. The molecule has 0 atom stereocenters. The van der Waals surface area contributed by atoms with E-state index in [1.807, 2.05) is 12.1 Å². The van der Waals surface area contributed by atoms with Gasteiger partial charge in [-0.3, -0.25) is 0 Å². The Kier molecular flexibility index (Phi) is 2.96. The minimum absolute atomic E-state index is 0.837. The molecule has 1 aromatic heterocycles. The number of benzene rings is 1. The van der Waals surface area contributed by atoms with Crippen molar-refractivity contribution in [3.05, 3.63) is 24.0 Å². The molecule has 0 spiro atoms. The summed E-state index contributed by atoms with van der Waals surface area (Å²) in [6, 6.07) is 6.02. The number of fused-ring (bicyclic) bond motifs is 1. The first-order valence-corrected chi connectivity index (χ1v) is 6.48. The maximum absolute atomic E-state index is 5.23. The van der Waals surface area contributed by atoms with Crippen LogP contribution in [0.25, 0.3) is 11.0 Å². The molecule has 4 nitrogen and oxygen atoms in total. The molecule has 0 radical (unpaired) electrons. The van der Waals surface area contributed by atoms with Gasteiger partial charge in [0.2, 0.25) is 0 Å². The van der Waals surface area contributed by atoms with Crippen LogP contribution in [0.2, 0.25) is 0 Å². The minimum Gasteiger partial charge on any atom is -0.497 e. The Morgan fingerprint density at radius 1 is 1.44 bits per heavy atom. The van der Waals surface area contributed by atoms with E-state index in [1.165, 1.54) is 12.8 Å². The van der Waals surface area contributed by atoms with Gasteiger partial charge < -0.3 is 14.6 Å². The van der Waals surface area contributed by atoms with Crippen molar-refractivity contribution in [1.29, 1.82) is 0 Å². The van der Waals surface area contributed by atoms with E-state index >= 15 is 0 Å². The van der Waals surface area contributed by atoms with E-state index < -0.39 is 0 Å². The second-order valence-electron chi connectivity index (χ2n) is 5.02. The Labute approximate surface area is 107 Å². The Hall–Kier alpha value is -1.55. The first-order valence-electron chi connectivity index (χ1n) is 6.48. The van der Waals surface area contributed by atoms with E-state index in [0.29, 0.717) is 0 Å². The first-order chi connectivity index (χ1) is 8.78. The van der Waals surface area contributed by atoms with E-state index in [0.717, 1.165) is 41.6 Å². The van der Waals surface area contributed by atoms with Gasteiger partial charge in [-0.25, -0.2) is 4.98 Å². The standard InChI is InChI=1S/C14H19N3O/c1-17-13-6-5-11(18-2)7-12(13)16-14(17)9-15-8-10-3-4-10/h5-7,10,15H,3-4,8-9H2,1-2H3. The van der Waals surface area contributed by atoms with Gasteiger partial charge in [-0.1, -0.05) is 0 Å². The molecule has 18 heavy (non-hydrogen) atoms. The fourth-order valence-electron chi connectivity index (χ4n) is 2.22. The van der Waals surface area contributed by atoms with Crippen LogP contribution in [0.15, 0.2) is 18.2 Å². The third-order valence-electron chi connectivity index (χ3n) is 3.59. The van der Waals surface area contributed by atoms with Crippen molar-refractivity contribution < 1.29 is 4.74 Å². The number of rotatable bonds is 5. The molecule has 3 rings (SSSR count). The average molecular weight is 245 g/mol. The molecule has 0 unspecified atom stereocenters. The molecule has 1 aromatic carbocycles. The molecule has 1 N–H and O–H groups in total. The number of imidazole rings is 1. The topological polar surface area (TPSA) is 39.1 Å². The average Bonchev–Trinajstić information content (AvgIpc) is 3.15. The van der Waals surface area contributed by atoms with Crippen LogP contribution in [0.3, 0.4) is 0 Å². The minimum atomic E-state index is 0.837. The summed E-state index contributed by atoms with van der Waals surface area (Å²) in [5.41, 5.74) is 2.15. The van der Waals surface area contributed by atoms with E-state index in [-0.39, 0.29) is 0 Å². The number of hydrogen-bond donors (Lipinski definition) is 1. The normalized spacial score (nSPS) is 15.2.